The Morgan fingerprint density at radius 1 is 1.20 bits per heavy atom. The smallest absolute Gasteiger partial charge is 0.253 e. The van der Waals surface area contributed by atoms with Gasteiger partial charge in [-0.25, -0.2) is 0 Å². The van der Waals surface area contributed by atoms with Crippen molar-refractivity contribution in [1.29, 1.82) is 0 Å². The topological polar surface area (TPSA) is 44.4 Å². The zero-order valence-electron chi connectivity index (χ0n) is 12.2. The van der Waals surface area contributed by atoms with E-state index in [9.17, 15) is 4.79 Å². The largest absolute Gasteiger partial charge is 0.351 e. The second kappa shape index (κ2) is 5.63. The molecule has 1 unspecified atom stereocenters. The number of allylic oxidation sites excluding steroid dienone is 1. The molecule has 20 heavy (non-hydrogen) atoms. The lowest BCUT2D eigenvalue weighted by Gasteiger charge is -2.31. The summed E-state index contributed by atoms with van der Waals surface area (Å²) in [5, 5.41) is 6.76. The molecule has 2 N–H and O–H groups in total. The van der Waals surface area contributed by atoms with E-state index in [1.165, 1.54) is 5.56 Å². The van der Waals surface area contributed by atoms with Gasteiger partial charge in [-0.15, -0.1) is 0 Å². The number of thiocarbonyl (C=S) groups is 1. The van der Waals surface area contributed by atoms with Gasteiger partial charge in [-0.1, -0.05) is 29.8 Å². The van der Waals surface area contributed by atoms with E-state index in [1.54, 1.807) is 19.0 Å². The molecule has 1 atom stereocenters. The number of carbonyl (C=O) groups excluding carboxylic acids is 1. The highest BCUT2D eigenvalue weighted by molar-refractivity contribution is 7.80. The fourth-order valence-corrected chi connectivity index (χ4v) is 2.50. The average molecular weight is 289 g/mol. The zero-order chi connectivity index (χ0) is 14.9. The second-order valence-electron chi connectivity index (χ2n) is 5.18. The molecule has 1 aromatic carbocycles. The maximum atomic E-state index is 12.4. The van der Waals surface area contributed by atoms with Gasteiger partial charge in [-0.3, -0.25) is 4.79 Å². The zero-order valence-corrected chi connectivity index (χ0v) is 13.0. The van der Waals surface area contributed by atoms with E-state index in [1.807, 2.05) is 38.1 Å². The van der Waals surface area contributed by atoms with Gasteiger partial charge in [0.05, 0.1) is 11.6 Å². The number of aryl methyl sites for hydroxylation is 1. The molecule has 0 bridgehead atoms. The molecule has 1 heterocycles. The minimum Gasteiger partial charge on any atom is -0.351 e. The lowest BCUT2D eigenvalue weighted by Crippen LogP contribution is -2.46. The molecule has 1 aromatic rings. The van der Waals surface area contributed by atoms with Gasteiger partial charge in [0.25, 0.3) is 5.91 Å². The molecular formula is C15H19N3OS. The van der Waals surface area contributed by atoms with Crippen LogP contribution in [0.1, 0.15) is 24.1 Å². The van der Waals surface area contributed by atoms with Crippen LogP contribution in [0.25, 0.3) is 0 Å². The van der Waals surface area contributed by atoms with Crippen LogP contribution in [-0.4, -0.2) is 30.0 Å². The predicted molar refractivity (Wildman–Crippen MR) is 84.2 cm³/mol. The summed E-state index contributed by atoms with van der Waals surface area (Å²) in [4.78, 5) is 14.0. The molecule has 0 saturated carbocycles. The number of benzene rings is 1. The maximum absolute atomic E-state index is 12.4. The van der Waals surface area contributed by atoms with Crippen molar-refractivity contribution >= 4 is 23.2 Å². The second-order valence-corrected chi connectivity index (χ2v) is 5.59. The van der Waals surface area contributed by atoms with Gasteiger partial charge in [0.15, 0.2) is 5.11 Å². The van der Waals surface area contributed by atoms with Gasteiger partial charge in [0, 0.05) is 19.8 Å². The van der Waals surface area contributed by atoms with Crippen molar-refractivity contribution in [1.82, 2.24) is 15.5 Å². The molecule has 2 rings (SSSR count). The van der Waals surface area contributed by atoms with E-state index in [-0.39, 0.29) is 11.9 Å². The maximum Gasteiger partial charge on any atom is 0.253 e. The van der Waals surface area contributed by atoms with Crippen LogP contribution >= 0.6 is 12.2 Å². The SMILES string of the molecule is CC1=C(C(=O)N(C)C)C(c2ccc(C)cc2)NC(=S)N1. The molecule has 5 heteroatoms. The van der Waals surface area contributed by atoms with E-state index in [0.717, 1.165) is 11.3 Å². The number of hydrogen-bond acceptors (Lipinski definition) is 2. The van der Waals surface area contributed by atoms with Gasteiger partial charge in [0.1, 0.15) is 0 Å². The average Bonchev–Trinajstić information content (AvgIpc) is 2.38. The lowest BCUT2D eigenvalue weighted by atomic mass is 9.94. The Morgan fingerprint density at radius 2 is 1.80 bits per heavy atom. The Bertz CT molecular complexity index is 575. The number of hydrogen-bond donors (Lipinski definition) is 2. The molecule has 106 valence electrons. The summed E-state index contributed by atoms with van der Waals surface area (Å²) in [7, 11) is 3.50. The van der Waals surface area contributed by atoms with Crippen LogP contribution in [0.15, 0.2) is 35.5 Å². The third-order valence-corrected chi connectivity index (χ3v) is 3.54. The summed E-state index contributed by atoms with van der Waals surface area (Å²) in [6, 6.07) is 7.91. The first-order valence-electron chi connectivity index (χ1n) is 6.46. The van der Waals surface area contributed by atoms with Crippen LogP contribution in [0.3, 0.4) is 0 Å². The molecule has 0 saturated heterocycles. The van der Waals surface area contributed by atoms with Gasteiger partial charge < -0.3 is 15.5 Å². The number of likely N-dealkylation sites (N-methyl/N-ethyl adjacent to an activating group) is 1. The fourth-order valence-electron chi connectivity index (χ4n) is 2.23. The Hall–Kier alpha value is -1.88. The summed E-state index contributed by atoms with van der Waals surface area (Å²) in [6.45, 7) is 3.92. The number of carbonyl (C=O) groups is 1. The van der Waals surface area contributed by atoms with E-state index < -0.39 is 0 Å². The quantitative estimate of drug-likeness (QED) is 0.816. The van der Waals surface area contributed by atoms with Gasteiger partial charge in [-0.2, -0.15) is 0 Å². The molecule has 1 amide bonds. The first-order valence-corrected chi connectivity index (χ1v) is 6.87. The Morgan fingerprint density at radius 3 is 2.35 bits per heavy atom. The first kappa shape index (κ1) is 14.5. The monoisotopic (exact) mass is 289 g/mol. The van der Waals surface area contributed by atoms with Crippen LogP contribution in [-0.2, 0) is 4.79 Å². The van der Waals surface area contributed by atoms with E-state index in [2.05, 4.69) is 10.6 Å². The summed E-state index contributed by atoms with van der Waals surface area (Å²) in [5.74, 6) is -0.0180. The normalized spacial score (nSPS) is 18.4. The molecule has 0 aromatic heterocycles. The fraction of sp³-hybridized carbons (Fsp3) is 0.333. The summed E-state index contributed by atoms with van der Waals surface area (Å²) in [6.07, 6.45) is 0. The summed E-state index contributed by atoms with van der Waals surface area (Å²) < 4.78 is 0. The Kier molecular flexibility index (Phi) is 4.09. The molecule has 0 aliphatic carbocycles. The van der Waals surface area contributed by atoms with Crippen LogP contribution in [0.4, 0.5) is 0 Å². The third-order valence-electron chi connectivity index (χ3n) is 3.32. The van der Waals surface area contributed by atoms with Crippen molar-refractivity contribution in [2.75, 3.05) is 14.1 Å². The van der Waals surface area contributed by atoms with Crippen LogP contribution < -0.4 is 10.6 Å². The van der Waals surface area contributed by atoms with E-state index >= 15 is 0 Å². The Balaban J connectivity index is 2.47. The molecule has 4 nitrogen and oxygen atoms in total. The Labute approximate surface area is 124 Å². The summed E-state index contributed by atoms with van der Waals surface area (Å²) >= 11 is 5.21. The predicted octanol–water partition coefficient (Wildman–Crippen LogP) is 1.88. The van der Waals surface area contributed by atoms with E-state index in [0.29, 0.717) is 10.7 Å². The van der Waals surface area contributed by atoms with Crippen molar-refractivity contribution in [2.45, 2.75) is 19.9 Å². The lowest BCUT2D eigenvalue weighted by molar-refractivity contribution is -0.125. The molecule has 0 radical (unpaired) electrons. The summed E-state index contributed by atoms with van der Waals surface area (Å²) in [5.41, 5.74) is 3.72. The van der Waals surface area contributed by atoms with E-state index in [4.69, 9.17) is 12.2 Å². The highest BCUT2D eigenvalue weighted by Gasteiger charge is 2.30. The minimum absolute atomic E-state index is 0.0180. The molecule has 0 fully saturated rings. The van der Waals surface area contributed by atoms with Crippen LogP contribution in [0.5, 0.6) is 0 Å². The van der Waals surface area contributed by atoms with Crippen LogP contribution in [0, 0.1) is 6.92 Å². The van der Waals surface area contributed by atoms with Crippen molar-refractivity contribution < 1.29 is 4.79 Å². The molecular weight excluding hydrogens is 270 g/mol. The third kappa shape index (κ3) is 2.82. The van der Waals surface area contributed by atoms with Crippen molar-refractivity contribution in [2.24, 2.45) is 0 Å². The molecule has 1 aliphatic heterocycles. The van der Waals surface area contributed by atoms with Gasteiger partial charge >= 0.3 is 0 Å². The minimum atomic E-state index is -0.209. The first-order chi connectivity index (χ1) is 9.40. The highest BCUT2D eigenvalue weighted by Crippen LogP contribution is 2.27. The number of amides is 1. The van der Waals surface area contributed by atoms with Crippen molar-refractivity contribution in [3.63, 3.8) is 0 Å². The van der Waals surface area contributed by atoms with Gasteiger partial charge in [0.2, 0.25) is 0 Å². The number of nitrogens with one attached hydrogen (secondary N) is 2. The van der Waals surface area contributed by atoms with Crippen LogP contribution in [0.2, 0.25) is 0 Å². The van der Waals surface area contributed by atoms with Crippen molar-refractivity contribution in [3.05, 3.63) is 46.7 Å². The standard InChI is InChI=1S/C15H19N3OS/c1-9-5-7-11(8-6-9)13-12(14(19)18(3)4)10(2)16-15(20)17-13/h5-8,13H,1-4H3,(H2,16,17,20). The number of nitrogens with zero attached hydrogens (tertiary/aromatic N) is 1. The number of rotatable bonds is 2. The highest BCUT2D eigenvalue weighted by atomic mass is 32.1. The van der Waals surface area contributed by atoms with Gasteiger partial charge in [-0.05, 0) is 31.6 Å². The van der Waals surface area contributed by atoms with Crippen molar-refractivity contribution in [3.8, 4) is 0 Å². The molecule has 1 aliphatic rings. The molecule has 0 spiro atoms.